The number of rotatable bonds is 4. The lowest BCUT2D eigenvalue weighted by molar-refractivity contribution is -0.0207. The van der Waals surface area contributed by atoms with E-state index in [0.29, 0.717) is 17.0 Å². The summed E-state index contributed by atoms with van der Waals surface area (Å²) >= 11 is 5.91. The molecule has 0 aliphatic carbocycles. The van der Waals surface area contributed by atoms with Gasteiger partial charge in [0.2, 0.25) is 5.28 Å². The predicted octanol–water partition coefficient (Wildman–Crippen LogP) is 1.12. The number of anilines is 1. The molecule has 1 saturated heterocycles. The second-order valence-electron chi connectivity index (χ2n) is 4.44. The summed E-state index contributed by atoms with van der Waals surface area (Å²) < 4.78 is 7.51. The van der Waals surface area contributed by atoms with Crippen molar-refractivity contribution in [1.29, 1.82) is 0 Å². The molecule has 2 aromatic heterocycles. The lowest BCUT2D eigenvalue weighted by atomic mass is 10.2. The van der Waals surface area contributed by atoms with Crippen molar-refractivity contribution >= 4 is 28.6 Å². The van der Waals surface area contributed by atoms with Gasteiger partial charge in [-0.25, -0.2) is 10.5 Å². The molecule has 1 aliphatic heterocycles. The fraction of sp³-hybridized carbons (Fsp3) is 0.545. The van der Waals surface area contributed by atoms with Gasteiger partial charge in [0, 0.05) is 0 Å². The number of aromatic nitrogens is 4. The maximum Gasteiger partial charge on any atom is 0.226 e. The van der Waals surface area contributed by atoms with Gasteiger partial charge in [0.1, 0.15) is 6.23 Å². The van der Waals surface area contributed by atoms with Crippen LogP contribution in [0.4, 0.5) is 5.82 Å². The number of halogens is 1. The molecule has 2 aromatic rings. The van der Waals surface area contributed by atoms with Crippen LogP contribution in [0.25, 0.3) is 11.2 Å². The van der Waals surface area contributed by atoms with E-state index < -0.39 is 0 Å². The van der Waals surface area contributed by atoms with Crippen LogP contribution in [0.2, 0.25) is 5.28 Å². The van der Waals surface area contributed by atoms with Crippen molar-refractivity contribution in [3.63, 3.8) is 0 Å². The molecule has 0 spiro atoms. The summed E-state index contributed by atoms with van der Waals surface area (Å²) in [5.41, 5.74) is 3.73. The van der Waals surface area contributed by atoms with Crippen molar-refractivity contribution in [2.75, 3.05) is 19.2 Å². The summed E-state index contributed by atoms with van der Waals surface area (Å²) in [5, 5.41) is 9.22. The molecule has 0 unspecified atom stereocenters. The third kappa shape index (κ3) is 2.31. The third-order valence-corrected chi connectivity index (χ3v) is 3.36. The molecule has 0 aromatic carbocycles. The SMILES string of the molecule is CONc1nc(Cl)nc2c1ncn2[C@H]1CC[C@@H](CO)O1. The molecule has 2 N–H and O–H groups in total. The van der Waals surface area contributed by atoms with Crippen LogP contribution in [0, 0.1) is 0 Å². The zero-order valence-corrected chi connectivity index (χ0v) is 11.5. The van der Waals surface area contributed by atoms with Crippen LogP contribution in [0.15, 0.2) is 6.33 Å². The van der Waals surface area contributed by atoms with E-state index in [0.717, 1.165) is 12.8 Å². The highest BCUT2D eigenvalue weighted by Gasteiger charge is 2.28. The Morgan fingerprint density at radius 2 is 2.40 bits per heavy atom. The van der Waals surface area contributed by atoms with E-state index in [1.54, 1.807) is 10.9 Å². The zero-order valence-electron chi connectivity index (χ0n) is 10.8. The predicted molar refractivity (Wildman–Crippen MR) is 71.2 cm³/mol. The van der Waals surface area contributed by atoms with Gasteiger partial charge in [0.25, 0.3) is 0 Å². The van der Waals surface area contributed by atoms with Gasteiger partial charge in [0.15, 0.2) is 17.0 Å². The van der Waals surface area contributed by atoms with Crippen LogP contribution in [-0.2, 0) is 9.57 Å². The van der Waals surface area contributed by atoms with Crippen molar-refractivity contribution < 1.29 is 14.7 Å². The minimum Gasteiger partial charge on any atom is -0.394 e. The summed E-state index contributed by atoms with van der Waals surface area (Å²) in [6, 6.07) is 0. The van der Waals surface area contributed by atoms with Gasteiger partial charge in [-0.1, -0.05) is 0 Å². The number of imidazole rings is 1. The Balaban J connectivity index is 2.00. The Morgan fingerprint density at radius 3 is 3.10 bits per heavy atom. The Hall–Kier alpha value is -1.48. The van der Waals surface area contributed by atoms with Crippen LogP contribution < -0.4 is 5.48 Å². The van der Waals surface area contributed by atoms with Gasteiger partial charge >= 0.3 is 0 Å². The second kappa shape index (κ2) is 5.49. The van der Waals surface area contributed by atoms with Crippen LogP contribution in [0.1, 0.15) is 19.1 Å². The molecular formula is C11H14ClN5O3. The molecule has 3 heterocycles. The first-order valence-corrected chi connectivity index (χ1v) is 6.56. The molecular weight excluding hydrogens is 286 g/mol. The molecule has 0 radical (unpaired) electrons. The molecule has 3 rings (SSSR count). The van der Waals surface area contributed by atoms with E-state index in [1.807, 2.05) is 0 Å². The first kappa shape index (κ1) is 13.5. The fourth-order valence-corrected chi connectivity index (χ4v) is 2.46. The topological polar surface area (TPSA) is 94.3 Å². The Labute approximate surface area is 119 Å². The Morgan fingerprint density at radius 1 is 1.55 bits per heavy atom. The van der Waals surface area contributed by atoms with Crippen LogP contribution in [0.3, 0.4) is 0 Å². The summed E-state index contributed by atoms with van der Waals surface area (Å²) in [7, 11) is 1.48. The summed E-state index contributed by atoms with van der Waals surface area (Å²) in [4.78, 5) is 17.3. The average Bonchev–Trinajstić information content (AvgIpc) is 3.04. The number of hydrogen-bond acceptors (Lipinski definition) is 7. The van der Waals surface area contributed by atoms with Gasteiger partial charge < -0.3 is 9.84 Å². The van der Waals surface area contributed by atoms with Crippen LogP contribution >= 0.6 is 11.6 Å². The molecule has 108 valence electrons. The molecule has 1 fully saturated rings. The molecule has 0 saturated carbocycles. The Bertz CT molecular complexity index is 619. The van der Waals surface area contributed by atoms with Crippen LogP contribution in [0.5, 0.6) is 0 Å². The number of nitrogens with zero attached hydrogens (tertiary/aromatic N) is 4. The standard InChI is InChI=1S/C11H14ClN5O3/c1-19-16-9-8-10(15-11(12)14-9)17(5-13-8)7-3-2-6(4-18)20-7/h5-7,18H,2-4H2,1H3,(H,14,15,16)/t6-,7+/m0/s1. The smallest absolute Gasteiger partial charge is 0.226 e. The monoisotopic (exact) mass is 299 g/mol. The molecule has 20 heavy (non-hydrogen) atoms. The first-order chi connectivity index (χ1) is 9.72. The van der Waals surface area contributed by atoms with Gasteiger partial charge in [-0.05, 0) is 24.4 Å². The van der Waals surface area contributed by atoms with E-state index in [9.17, 15) is 0 Å². The van der Waals surface area contributed by atoms with Crippen molar-refractivity contribution in [3.05, 3.63) is 11.6 Å². The number of aliphatic hydroxyl groups excluding tert-OH is 1. The quantitative estimate of drug-likeness (QED) is 0.645. The average molecular weight is 300 g/mol. The van der Waals surface area contributed by atoms with E-state index in [-0.39, 0.29) is 24.2 Å². The van der Waals surface area contributed by atoms with E-state index in [1.165, 1.54) is 7.11 Å². The van der Waals surface area contributed by atoms with Gasteiger partial charge in [-0.2, -0.15) is 9.97 Å². The van der Waals surface area contributed by atoms with Crippen molar-refractivity contribution in [3.8, 4) is 0 Å². The molecule has 0 bridgehead atoms. The third-order valence-electron chi connectivity index (χ3n) is 3.19. The molecule has 9 heteroatoms. The maximum atomic E-state index is 9.13. The number of aliphatic hydroxyl groups is 1. The zero-order chi connectivity index (χ0) is 14.1. The van der Waals surface area contributed by atoms with Crippen LogP contribution in [-0.4, -0.2) is 44.4 Å². The van der Waals surface area contributed by atoms with E-state index in [2.05, 4.69) is 20.4 Å². The molecule has 8 nitrogen and oxygen atoms in total. The lowest BCUT2D eigenvalue weighted by Crippen LogP contribution is -2.14. The largest absolute Gasteiger partial charge is 0.394 e. The summed E-state index contributed by atoms with van der Waals surface area (Å²) in [6.07, 6.45) is 2.85. The minimum atomic E-state index is -0.210. The highest BCUT2D eigenvalue weighted by molar-refractivity contribution is 6.28. The maximum absolute atomic E-state index is 9.13. The highest BCUT2D eigenvalue weighted by atomic mass is 35.5. The van der Waals surface area contributed by atoms with E-state index >= 15 is 0 Å². The van der Waals surface area contributed by atoms with Gasteiger partial charge in [-0.3, -0.25) is 9.40 Å². The van der Waals surface area contributed by atoms with Crippen molar-refractivity contribution in [2.24, 2.45) is 0 Å². The number of ether oxygens (including phenoxy) is 1. The number of hydrogen-bond donors (Lipinski definition) is 2. The molecule has 1 aliphatic rings. The lowest BCUT2D eigenvalue weighted by Gasteiger charge is -2.14. The number of fused-ring (bicyclic) bond motifs is 1. The van der Waals surface area contributed by atoms with Gasteiger partial charge in [-0.15, -0.1) is 0 Å². The summed E-state index contributed by atoms with van der Waals surface area (Å²) in [5.74, 6) is 0.401. The first-order valence-electron chi connectivity index (χ1n) is 6.18. The minimum absolute atomic E-state index is 0.00928. The number of nitrogens with one attached hydrogen (secondary N) is 1. The van der Waals surface area contributed by atoms with E-state index in [4.69, 9.17) is 26.3 Å². The van der Waals surface area contributed by atoms with Crippen molar-refractivity contribution in [1.82, 2.24) is 19.5 Å². The van der Waals surface area contributed by atoms with Crippen molar-refractivity contribution in [2.45, 2.75) is 25.2 Å². The molecule has 2 atom stereocenters. The fourth-order valence-electron chi connectivity index (χ4n) is 2.29. The van der Waals surface area contributed by atoms with Gasteiger partial charge in [0.05, 0.1) is 26.1 Å². The highest BCUT2D eigenvalue weighted by Crippen LogP contribution is 2.31. The normalized spacial score (nSPS) is 22.6. The molecule has 0 amide bonds. The second-order valence-corrected chi connectivity index (χ2v) is 4.78. The summed E-state index contributed by atoms with van der Waals surface area (Å²) in [6.45, 7) is 0.00928. The Kier molecular flexibility index (Phi) is 3.70.